The second kappa shape index (κ2) is 9.81. The van der Waals surface area contributed by atoms with Crippen LogP contribution in [0.4, 0.5) is 5.69 Å². The first-order valence-corrected chi connectivity index (χ1v) is 10.9. The van der Waals surface area contributed by atoms with Crippen molar-refractivity contribution < 1.29 is 27.2 Å². The van der Waals surface area contributed by atoms with Crippen molar-refractivity contribution in [1.82, 2.24) is 10.9 Å². The fourth-order valence-electron chi connectivity index (χ4n) is 2.76. The molecule has 0 unspecified atom stereocenters. The number of hydrogen-bond donors (Lipinski definition) is 3. The molecular formula is C21H21N3O6S. The van der Waals surface area contributed by atoms with Gasteiger partial charge in [0.1, 0.15) is 5.75 Å². The van der Waals surface area contributed by atoms with Crippen LogP contribution in [0.15, 0.2) is 76.2 Å². The predicted octanol–water partition coefficient (Wildman–Crippen LogP) is 2.14. The summed E-state index contributed by atoms with van der Waals surface area (Å²) in [6, 6.07) is 16.4. The molecule has 2 aromatic carbocycles. The number of carbonyl (C=O) groups is 2. The molecule has 0 saturated heterocycles. The minimum absolute atomic E-state index is 0.131. The van der Waals surface area contributed by atoms with Crippen LogP contribution in [-0.2, 0) is 20.4 Å². The van der Waals surface area contributed by atoms with Gasteiger partial charge >= 0.3 is 5.91 Å². The van der Waals surface area contributed by atoms with E-state index in [0.717, 1.165) is 0 Å². The number of hydrazine groups is 1. The van der Waals surface area contributed by atoms with Crippen LogP contribution in [0.5, 0.6) is 5.75 Å². The number of hydrogen-bond acceptors (Lipinski definition) is 7. The maximum atomic E-state index is 12.6. The topological polar surface area (TPSA) is 127 Å². The first-order valence-electron chi connectivity index (χ1n) is 9.21. The van der Waals surface area contributed by atoms with Crippen molar-refractivity contribution in [3.05, 3.63) is 78.3 Å². The van der Waals surface area contributed by atoms with Crippen molar-refractivity contribution in [2.45, 2.75) is 10.6 Å². The highest BCUT2D eigenvalue weighted by molar-refractivity contribution is 7.90. The molecule has 0 aliphatic carbocycles. The minimum atomic E-state index is -3.67. The lowest BCUT2D eigenvalue weighted by Crippen LogP contribution is -2.44. The number of benzene rings is 2. The fraction of sp³-hybridized carbons (Fsp3) is 0.143. The number of nitrogens with one attached hydrogen (secondary N) is 3. The molecule has 3 N–H and O–H groups in total. The minimum Gasteiger partial charge on any atom is -0.495 e. The maximum absolute atomic E-state index is 12.6. The van der Waals surface area contributed by atoms with Gasteiger partial charge in [0.2, 0.25) is 0 Å². The maximum Gasteiger partial charge on any atom is 0.305 e. The van der Waals surface area contributed by atoms with Gasteiger partial charge in [-0.05, 0) is 30.3 Å². The molecule has 0 saturated carbocycles. The molecule has 10 heteroatoms. The Morgan fingerprint density at radius 1 is 0.968 bits per heavy atom. The third-order valence-electron chi connectivity index (χ3n) is 4.26. The van der Waals surface area contributed by atoms with Crippen LogP contribution in [0.3, 0.4) is 0 Å². The number of furan rings is 1. The number of ether oxygens (including phenoxy) is 1. The average molecular weight is 443 g/mol. The van der Waals surface area contributed by atoms with Crippen LogP contribution >= 0.6 is 0 Å². The quantitative estimate of drug-likeness (QED) is 0.455. The normalized spacial score (nSPS) is 10.9. The molecule has 1 aromatic heterocycles. The Morgan fingerprint density at radius 3 is 2.42 bits per heavy atom. The molecule has 0 aliphatic heterocycles. The molecular weight excluding hydrogens is 422 g/mol. The van der Waals surface area contributed by atoms with Crippen molar-refractivity contribution in [1.29, 1.82) is 0 Å². The van der Waals surface area contributed by atoms with E-state index in [2.05, 4.69) is 16.2 Å². The molecule has 0 fully saturated rings. The largest absolute Gasteiger partial charge is 0.495 e. The summed E-state index contributed by atoms with van der Waals surface area (Å²) in [6.45, 7) is -0.131. The van der Waals surface area contributed by atoms with Crippen LogP contribution in [0.1, 0.15) is 16.1 Å². The van der Waals surface area contributed by atoms with Gasteiger partial charge in [-0.3, -0.25) is 20.4 Å². The number of amides is 2. The van der Waals surface area contributed by atoms with E-state index < -0.39 is 27.4 Å². The second-order valence-corrected chi connectivity index (χ2v) is 8.39. The summed E-state index contributed by atoms with van der Waals surface area (Å²) in [4.78, 5) is 24.5. The number of sulfone groups is 1. The summed E-state index contributed by atoms with van der Waals surface area (Å²) < 4.78 is 35.4. The lowest BCUT2D eigenvalue weighted by Gasteiger charge is -2.11. The van der Waals surface area contributed by atoms with Crippen LogP contribution in [0.2, 0.25) is 0 Å². The Bertz CT molecular complexity index is 1160. The van der Waals surface area contributed by atoms with E-state index in [1.165, 1.54) is 31.6 Å². The summed E-state index contributed by atoms with van der Waals surface area (Å²) in [5, 5.41) is 2.89. The zero-order valence-electron chi connectivity index (χ0n) is 16.6. The first-order chi connectivity index (χ1) is 14.9. The zero-order chi connectivity index (χ0) is 22.3. The Hall–Kier alpha value is -3.79. The molecule has 2 amide bonds. The Labute approximate surface area is 179 Å². The van der Waals surface area contributed by atoms with Gasteiger partial charge in [-0.25, -0.2) is 8.42 Å². The van der Waals surface area contributed by atoms with Gasteiger partial charge in [-0.15, -0.1) is 0 Å². The standard InChI is InChI=1S/C21H21N3O6S/c1-29-18-10-6-5-9-17(18)22-13-19(25)23-24-21(26)20-15(11-12-30-20)14-31(27,28)16-7-3-2-4-8-16/h2-12,22H,13-14H2,1H3,(H,23,25)(H,24,26). The first kappa shape index (κ1) is 21.9. The van der Waals surface area contributed by atoms with E-state index in [1.54, 1.807) is 42.5 Å². The number of para-hydroxylation sites is 2. The predicted molar refractivity (Wildman–Crippen MR) is 113 cm³/mol. The summed E-state index contributed by atoms with van der Waals surface area (Å²) in [7, 11) is -2.15. The Balaban J connectivity index is 1.57. The number of carbonyl (C=O) groups excluding carboxylic acids is 2. The summed E-state index contributed by atoms with van der Waals surface area (Å²) >= 11 is 0. The molecule has 162 valence electrons. The molecule has 0 atom stereocenters. The fourth-order valence-corrected chi connectivity index (χ4v) is 4.13. The average Bonchev–Trinajstić information content (AvgIpc) is 3.24. The van der Waals surface area contributed by atoms with Gasteiger partial charge in [-0.2, -0.15) is 0 Å². The number of anilines is 1. The van der Waals surface area contributed by atoms with E-state index >= 15 is 0 Å². The van der Waals surface area contributed by atoms with Gasteiger partial charge < -0.3 is 14.5 Å². The SMILES string of the molecule is COc1ccccc1NCC(=O)NNC(=O)c1occc1CS(=O)(=O)c1ccccc1. The highest BCUT2D eigenvalue weighted by Gasteiger charge is 2.22. The van der Waals surface area contributed by atoms with E-state index in [1.807, 2.05) is 0 Å². The van der Waals surface area contributed by atoms with Crippen molar-refractivity contribution in [3.63, 3.8) is 0 Å². The third kappa shape index (κ3) is 5.64. The van der Waals surface area contributed by atoms with Crippen molar-refractivity contribution in [3.8, 4) is 5.75 Å². The van der Waals surface area contributed by atoms with E-state index in [9.17, 15) is 18.0 Å². The Morgan fingerprint density at radius 2 is 1.68 bits per heavy atom. The highest BCUT2D eigenvalue weighted by atomic mass is 32.2. The number of rotatable bonds is 8. The van der Waals surface area contributed by atoms with E-state index in [0.29, 0.717) is 11.4 Å². The monoisotopic (exact) mass is 443 g/mol. The van der Waals surface area contributed by atoms with Crippen molar-refractivity contribution in [2.75, 3.05) is 19.0 Å². The van der Waals surface area contributed by atoms with Crippen LogP contribution in [-0.4, -0.2) is 33.9 Å². The molecule has 0 spiro atoms. The van der Waals surface area contributed by atoms with Crippen molar-refractivity contribution >= 4 is 27.3 Å². The molecule has 1 heterocycles. The Kier molecular flexibility index (Phi) is 6.93. The van der Waals surface area contributed by atoms with Crippen molar-refractivity contribution in [2.24, 2.45) is 0 Å². The van der Waals surface area contributed by atoms with E-state index in [4.69, 9.17) is 9.15 Å². The molecule has 31 heavy (non-hydrogen) atoms. The molecule has 3 aromatic rings. The van der Waals surface area contributed by atoms with Gasteiger partial charge in [0, 0.05) is 5.56 Å². The zero-order valence-corrected chi connectivity index (χ0v) is 17.4. The van der Waals surface area contributed by atoms with E-state index in [-0.39, 0.29) is 22.8 Å². The van der Waals surface area contributed by atoms with Gasteiger partial charge in [0.25, 0.3) is 5.91 Å². The third-order valence-corrected chi connectivity index (χ3v) is 5.94. The van der Waals surface area contributed by atoms with Crippen LogP contribution < -0.4 is 20.9 Å². The molecule has 9 nitrogen and oxygen atoms in total. The molecule has 3 rings (SSSR count). The van der Waals surface area contributed by atoms with Crippen LogP contribution in [0, 0.1) is 0 Å². The molecule has 0 radical (unpaired) electrons. The summed E-state index contributed by atoms with van der Waals surface area (Å²) in [5.41, 5.74) is 5.27. The number of methoxy groups -OCH3 is 1. The lowest BCUT2D eigenvalue weighted by molar-refractivity contribution is -0.120. The van der Waals surface area contributed by atoms with Gasteiger partial charge in [0.05, 0.1) is 36.3 Å². The smallest absolute Gasteiger partial charge is 0.305 e. The molecule has 0 bridgehead atoms. The van der Waals surface area contributed by atoms with Crippen LogP contribution in [0.25, 0.3) is 0 Å². The highest BCUT2D eigenvalue weighted by Crippen LogP contribution is 2.22. The second-order valence-electron chi connectivity index (χ2n) is 6.40. The summed E-state index contributed by atoms with van der Waals surface area (Å²) in [5.74, 6) is -1.34. The van der Waals surface area contributed by atoms with Gasteiger partial charge in [-0.1, -0.05) is 30.3 Å². The van der Waals surface area contributed by atoms with Gasteiger partial charge in [0.15, 0.2) is 15.6 Å². The summed E-state index contributed by atoms with van der Waals surface area (Å²) in [6.07, 6.45) is 1.22. The molecule has 0 aliphatic rings. The lowest BCUT2D eigenvalue weighted by atomic mass is 10.3.